The maximum atomic E-state index is 14.7. The average Bonchev–Trinajstić information content (AvgIpc) is 3.59. The van der Waals surface area contributed by atoms with Crippen molar-refractivity contribution in [3.8, 4) is 0 Å². The smallest absolute Gasteiger partial charge is 0.247 e. The highest BCUT2D eigenvalue weighted by molar-refractivity contribution is 8.02. The summed E-state index contributed by atoms with van der Waals surface area (Å²) in [5.41, 5.74) is 0.994. The predicted octanol–water partition coefficient (Wildman–Crippen LogP) is 4.56. The lowest BCUT2D eigenvalue weighted by Crippen LogP contribution is -2.59. The number of thioether (sulfide) groups is 1. The van der Waals surface area contributed by atoms with Gasteiger partial charge in [0.25, 0.3) is 0 Å². The Morgan fingerprint density at radius 3 is 2.33 bits per heavy atom. The third kappa shape index (κ3) is 5.81. The molecule has 3 amide bonds. The van der Waals surface area contributed by atoms with Crippen LogP contribution in [0, 0.1) is 17.8 Å². The molecule has 2 bridgehead atoms. The highest BCUT2D eigenvalue weighted by Gasteiger charge is 2.77. The largest absolute Gasteiger partial charge is 0.394 e. The number of carbonyl (C=O) groups excluding carboxylic acids is 3. The van der Waals surface area contributed by atoms with Crippen LogP contribution in [0.1, 0.15) is 58.4 Å². The van der Waals surface area contributed by atoms with Crippen molar-refractivity contribution in [2.24, 2.45) is 17.8 Å². The zero-order chi connectivity index (χ0) is 30.4. The quantitative estimate of drug-likeness (QED) is 0.224. The first-order valence-corrected chi connectivity index (χ1v) is 16.6. The number of likely N-dealkylation sites (tertiary alicyclic amines) is 1. The molecule has 0 aromatic heterocycles. The maximum absolute atomic E-state index is 14.7. The second-order valence-electron chi connectivity index (χ2n) is 12.2. The van der Waals surface area contributed by atoms with E-state index in [9.17, 15) is 19.5 Å². The van der Waals surface area contributed by atoms with Crippen LogP contribution in [0.3, 0.4) is 0 Å². The van der Waals surface area contributed by atoms with Gasteiger partial charge in [-0.2, -0.15) is 0 Å². The summed E-state index contributed by atoms with van der Waals surface area (Å²) in [6, 6.07) is 8.48. The Kier molecular flexibility index (Phi) is 11.0. The first-order valence-electron chi connectivity index (χ1n) is 15.7. The van der Waals surface area contributed by atoms with Gasteiger partial charge >= 0.3 is 0 Å². The molecule has 230 valence electrons. The summed E-state index contributed by atoms with van der Waals surface area (Å²) in [4.78, 5) is 49.0. The number of hydrogen-bond donors (Lipinski definition) is 1. The number of unbranched alkanes of at least 4 members (excludes halogenated alkanes) is 2. The van der Waals surface area contributed by atoms with Crippen LogP contribution in [0.15, 0.2) is 55.6 Å². The molecule has 4 rings (SSSR count). The average molecular weight is 596 g/mol. The molecule has 3 fully saturated rings. The normalized spacial score (nSPS) is 28.4. The van der Waals surface area contributed by atoms with Gasteiger partial charge in [0.05, 0.1) is 29.2 Å². The maximum Gasteiger partial charge on any atom is 0.247 e. The Morgan fingerprint density at radius 1 is 1.07 bits per heavy atom. The second-order valence-corrected chi connectivity index (χ2v) is 13.7. The van der Waals surface area contributed by atoms with Crippen molar-refractivity contribution in [3.63, 3.8) is 0 Å². The number of benzene rings is 1. The highest BCUT2D eigenvalue weighted by atomic mass is 32.2. The summed E-state index contributed by atoms with van der Waals surface area (Å²) < 4.78 is -0.723. The Balaban J connectivity index is 1.80. The molecule has 0 radical (unpaired) electrons. The number of aliphatic hydroxyl groups excluding tert-OH is 1. The van der Waals surface area contributed by atoms with Crippen molar-refractivity contribution in [2.45, 2.75) is 81.4 Å². The van der Waals surface area contributed by atoms with Crippen LogP contribution in [0.4, 0.5) is 0 Å². The van der Waals surface area contributed by atoms with Gasteiger partial charge in [-0.3, -0.25) is 14.4 Å². The van der Waals surface area contributed by atoms with E-state index in [1.54, 1.807) is 28.8 Å². The third-order valence-electron chi connectivity index (χ3n) is 9.47. The molecule has 8 heteroatoms. The van der Waals surface area contributed by atoms with Crippen molar-refractivity contribution in [1.29, 1.82) is 0 Å². The van der Waals surface area contributed by atoms with Crippen LogP contribution in [-0.4, -0.2) is 92.4 Å². The minimum Gasteiger partial charge on any atom is -0.394 e. The zero-order valence-corrected chi connectivity index (χ0v) is 26.4. The molecule has 42 heavy (non-hydrogen) atoms. The van der Waals surface area contributed by atoms with Crippen molar-refractivity contribution < 1.29 is 19.5 Å². The number of amides is 3. The Labute approximate surface area is 256 Å². The van der Waals surface area contributed by atoms with Crippen LogP contribution in [0.25, 0.3) is 0 Å². The van der Waals surface area contributed by atoms with E-state index in [4.69, 9.17) is 0 Å². The SMILES string of the molecule is C=CCN(CCCCC)C(=O)C1N([C@@H](CO)Cc2ccccc2)C(=O)[C@@H]2[C@H](C(=O)N(CC=C)CCC)[C@@H]3CC(C)C12S3. The molecular formula is C34H49N3O4S. The van der Waals surface area contributed by atoms with Crippen molar-refractivity contribution in [3.05, 3.63) is 61.2 Å². The molecule has 1 aromatic rings. The lowest BCUT2D eigenvalue weighted by Gasteiger charge is -2.42. The number of rotatable bonds is 16. The van der Waals surface area contributed by atoms with Crippen LogP contribution in [0.2, 0.25) is 0 Å². The van der Waals surface area contributed by atoms with Gasteiger partial charge in [0.1, 0.15) is 6.04 Å². The summed E-state index contributed by atoms with van der Waals surface area (Å²) in [7, 11) is 0. The van der Waals surface area contributed by atoms with Crippen molar-refractivity contribution in [2.75, 3.05) is 32.8 Å². The van der Waals surface area contributed by atoms with Crippen molar-refractivity contribution in [1.82, 2.24) is 14.7 Å². The Hall–Kier alpha value is -2.58. The summed E-state index contributed by atoms with van der Waals surface area (Å²) in [5.74, 6) is -1.28. The lowest BCUT2D eigenvalue weighted by atomic mass is 9.65. The van der Waals surface area contributed by atoms with Gasteiger partial charge in [0, 0.05) is 31.4 Å². The predicted molar refractivity (Wildman–Crippen MR) is 170 cm³/mol. The van der Waals surface area contributed by atoms with E-state index in [0.717, 1.165) is 37.7 Å². The monoisotopic (exact) mass is 595 g/mol. The van der Waals surface area contributed by atoms with Crippen molar-refractivity contribution >= 4 is 29.5 Å². The number of hydrogen-bond acceptors (Lipinski definition) is 5. The van der Waals surface area contributed by atoms with Gasteiger partial charge in [0.2, 0.25) is 17.7 Å². The number of fused-ring (bicyclic) bond motifs is 1. The highest BCUT2D eigenvalue weighted by Crippen LogP contribution is 2.69. The van der Waals surface area contributed by atoms with Crippen LogP contribution < -0.4 is 0 Å². The minimum absolute atomic E-state index is 0.0103. The molecule has 1 N–H and O–H groups in total. The minimum atomic E-state index is -0.751. The molecule has 1 spiro atoms. The summed E-state index contributed by atoms with van der Waals surface area (Å²) in [6.45, 7) is 15.9. The summed E-state index contributed by atoms with van der Waals surface area (Å²) >= 11 is 1.70. The second kappa shape index (κ2) is 14.3. The molecule has 3 saturated heterocycles. The fourth-order valence-electron chi connectivity index (χ4n) is 7.65. The Morgan fingerprint density at radius 2 is 1.74 bits per heavy atom. The fourth-order valence-corrected chi connectivity index (χ4v) is 10.0. The summed E-state index contributed by atoms with van der Waals surface area (Å²) in [5, 5.41) is 10.7. The molecule has 3 heterocycles. The lowest BCUT2D eigenvalue weighted by molar-refractivity contribution is -0.147. The molecule has 3 aliphatic heterocycles. The van der Waals surface area contributed by atoms with Crippen LogP contribution in [0.5, 0.6) is 0 Å². The molecule has 7 nitrogen and oxygen atoms in total. The first kappa shape index (κ1) is 32.3. The number of aliphatic hydroxyl groups is 1. The molecule has 3 aliphatic rings. The van der Waals surface area contributed by atoms with Crippen LogP contribution in [-0.2, 0) is 20.8 Å². The Bertz CT molecular complexity index is 1130. The van der Waals surface area contributed by atoms with Gasteiger partial charge in [-0.1, -0.05) is 76.1 Å². The number of nitrogens with zero attached hydrogens (tertiary/aromatic N) is 3. The van der Waals surface area contributed by atoms with Gasteiger partial charge < -0.3 is 19.8 Å². The molecule has 7 atom stereocenters. The topological polar surface area (TPSA) is 81.2 Å². The standard InChI is InChI=1S/C34H49N3O4S/c1-6-10-14-20-36(19-9-4)33(41)30-34-24(5)21-27(42-34)28(31(39)35(17-7-2)18-8-3)29(34)32(40)37(30)26(23-38)22-25-15-12-11-13-16-25/h7,9,11-13,15-16,24,26-30,38H,2,4,6,8,10,14,17-23H2,1,3,5H3/t24?,26-,27+,28-,29+,30?,34?/m1/s1. The van der Waals surface area contributed by atoms with E-state index in [0.29, 0.717) is 32.6 Å². The van der Waals surface area contributed by atoms with E-state index in [1.165, 1.54) is 0 Å². The van der Waals surface area contributed by atoms with Crippen LogP contribution >= 0.6 is 11.8 Å². The zero-order valence-electron chi connectivity index (χ0n) is 25.6. The first-order chi connectivity index (χ1) is 20.3. The van der Waals surface area contributed by atoms with Gasteiger partial charge in [-0.15, -0.1) is 24.9 Å². The molecule has 0 aliphatic carbocycles. The third-order valence-corrected chi connectivity index (χ3v) is 11.5. The molecular weight excluding hydrogens is 546 g/mol. The van der Waals surface area contributed by atoms with E-state index >= 15 is 0 Å². The molecule has 3 unspecified atom stereocenters. The van der Waals surface area contributed by atoms with E-state index in [-0.39, 0.29) is 35.5 Å². The number of carbonyl (C=O) groups is 3. The van der Waals surface area contributed by atoms with E-state index in [1.807, 2.05) is 47.1 Å². The summed E-state index contributed by atoms with van der Waals surface area (Å²) in [6.07, 6.45) is 8.46. The van der Waals surface area contributed by atoms with Gasteiger partial charge in [-0.25, -0.2) is 0 Å². The molecule has 1 aromatic carbocycles. The van der Waals surface area contributed by atoms with E-state index < -0.39 is 28.7 Å². The van der Waals surface area contributed by atoms with E-state index in [2.05, 4.69) is 27.0 Å². The van der Waals surface area contributed by atoms with Gasteiger partial charge in [0.15, 0.2) is 0 Å². The van der Waals surface area contributed by atoms with Gasteiger partial charge in [-0.05, 0) is 37.2 Å². The fraction of sp³-hybridized carbons (Fsp3) is 0.618. The molecule has 0 saturated carbocycles.